The van der Waals surface area contributed by atoms with Gasteiger partial charge in [-0.05, 0) is 61.4 Å². The van der Waals surface area contributed by atoms with Gasteiger partial charge in [0.15, 0.2) is 5.76 Å². The Morgan fingerprint density at radius 2 is 1.81 bits per heavy atom. The molecule has 3 aromatic rings. The van der Waals surface area contributed by atoms with Crippen molar-refractivity contribution < 1.29 is 13.6 Å². The van der Waals surface area contributed by atoms with Gasteiger partial charge in [0, 0.05) is 18.7 Å². The zero-order valence-corrected chi connectivity index (χ0v) is 14.1. The van der Waals surface area contributed by atoms with Gasteiger partial charge in [-0.15, -0.1) is 0 Å². The molecule has 6 heteroatoms. The van der Waals surface area contributed by atoms with Crippen molar-refractivity contribution in [3.05, 3.63) is 66.3 Å². The van der Waals surface area contributed by atoms with Crippen LogP contribution in [-0.4, -0.2) is 24.0 Å². The van der Waals surface area contributed by atoms with E-state index in [2.05, 4.69) is 15.2 Å². The Bertz CT molecular complexity index is 898. The van der Waals surface area contributed by atoms with Crippen molar-refractivity contribution in [2.75, 3.05) is 23.3 Å². The largest absolute Gasteiger partial charge is 0.451 e. The molecule has 0 unspecified atom stereocenters. The maximum Gasteiger partial charge on any atom is 0.291 e. The summed E-state index contributed by atoms with van der Waals surface area (Å²) in [6, 6.07) is 13.0. The number of nitrogens with one attached hydrogen (secondary N) is 1. The van der Waals surface area contributed by atoms with Crippen molar-refractivity contribution in [1.82, 2.24) is 4.98 Å². The normalized spacial score (nSPS) is 13.8. The molecule has 26 heavy (non-hydrogen) atoms. The van der Waals surface area contributed by atoms with Gasteiger partial charge in [-0.25, -0.2) is 9.37 Å². The lowest BCUT2D eigenvalue weighted by Crippen LogP contribution is -2.19. The lowest BCUT2D eigenvalue weighted by molar-refractivity contribution is 0.0997. The van der Waals surface area contributed by atoms with Gasteiger partial charge in [0.1, 0.15) is 17.4 Å². The van der Waals surface area contributed by atoms with Gasteiger partial charge in [0.05, 0.1) is 11.9 Å². The first-order valence-electron chi connectivity index (χ1n) is 8.57. The molecular formula is C20H18FN3O2. The Kier molecular flexibility index (Phi) is 4.39. The van der Waals surface area contributed by atoms with E-state index in [0.717, 1.165) is 18.9 Å². The van der Waals surface area contributed by atoms with E-state index in [1.165, 1.54) is 25.0 Å². The number of carbonyl (C=O) groups excluding carboxylic acids is 1. The van der Waals surface area contributed by atoms with E-state index in [0.29, 0.717) is 17.0 Å². The molecule has 0 saturated carbocycles. The molecule has 1 saturated heterocycles. The minimum Gasteiger partial charge on any atom is -0.451 e. The molecule has 2 aromatic heterocycles. The van der Waals surface area contributed by atoms with E-state index in [1.807, 2.05) is 12.1 Å². The molecule has 1 aromatic carbocycles. The second-order valence-corrected chi connectivity index (χ2v) is 6.22. The average Bonchev–Trinajstić information content (AvgIpc) is 3.35. The number of anilines is 2. The second-order valence-electron chi connectivity index (χ2n) is 6.22. The number of aromatic nitrogens is 1. The summed E-state index contributed by atoms with van der Waals surface area (Å²) in [5.74, 6) is 0.958. The van der Waals surface area contributed by atoms with Crippen molar-refractivity contribution in [1.29, 1.82) is 0 Å². The first-order chi connectivity index (χ1) is 12.7. The van der Waals surface area contributed by atoms with Gasteiger partial charge in [0.25, 0.3) is 5.91 Å². The zero-order chi connectivity index (χ0) is 17.9. The van der Waals surface area contributed by atoms with Crippen LogP contribution in [0.2, 0.25) is 0 Å². The van der Waals surface area contributed by atoms with Crippen molar-refractivity contribution >= 4 is 17.4 Å². The summed E-state index contributed by atoms with van der Waals surface area (Å²) in [7, 11) is 0. The molecule has 1 N–H and O–H groups in total. The standard InChI is InChI=1S/C20H18FN3O2/c21-15-5-3-14(4-6-15)17-8-9-18(26-17)20(25)23-16-7-10-19(22-13-16)24-11-1-2-12-24/h3-10,13H,1-2,11-12H2,(H,23,25). The van der Waals surface area contributed by atoms with Crippen molar-refractivity contribution in [2.45, 2.75) is 12.8 Å². The number of rotatable bonds is 4. The second kappa shape index (κ2) is 7.00. The number of benzene rings is 1. The van der Waals surface area contributed by atoms with E-state index >= 15 is 0 Å². The fraction of sp³-hybridized carbons (Fsp3) is 0.200. The summed E-state index contributed by atoms with van der Waals surface area (Å²) in [5, 5.41) is 2.78. The zero-order valence-electron chi connectivity index (χ0n) is 14.1. The molecule has 1 aliphatic rings. The van der Waals surface area contributed by atoms with E-state index in [-0.39, 0.29) is 17.5 Å². The van der Waals surface area contributed by atoms with Crippen LogP contribution in [-0.2, 0) is 0 Å². The quantitative estimate of drug-likeness (QED) is 0.760. The Morgan fingerprint density at radius 1 is 1.04 bits per heavy atom. The predicted octanol–water partition coefficient (Wildman–Crippen LogP) is 4.33. The Morgan fingerprint density at radius 3 is 2.50 bits per heavy atom. The Balaban J connectivity index is 1.44. The minimum absolute atomic E-state index is 0.188. The van der Waals surface area contributed by atoms with E-state index in [9.17, 15) is 9.18 Å². The maximum absolute atomic E-state index is 13.0. The summed E-state index contributed by atoms with van der Waals surface area (Å²) in [6.07, 6.45) is 4.03. The number of carbonyl (C=O) groups is 1. The van der Waals surface area contributed by atoms with Crippen LogP contribution in [0.4, 0.5) is 15.9 Å². The Labute approximate surface area is 150 Å². The molecule has 1 fully saturated rings. The van der Waals surface area contributed by atoms with Crippen LogP contribution in [0.15, 0.2) is 59.1 Å². The van der Waals surface area contributed by atoms with Crippen LogP contribution >= 0.6 is 0 Å². The van der Waals surface area contributed by atoms with Crippen LogP contribution < -0.4 is 10.2 Å². The fourth-order valence-corrected chi connectivity index (χ4v) is 3.02. The number of amides is 1. The van der Waals surface area contributed by atoms with Gasteiger partial charge in [-0.1, -0.05) is 0 Å². The molecule has 1 aliphatic heterocycles. The van der Waals surface area contributed by atoms with Gasteiger partial charge >= 0.3 is 0 Å². The van der Waals surface area contributed by atoms with Gasteiger partial charge < -0.3 is 14.6 Å². The highest BCUT2D eigenvalue weighted by molar-refractivity contribution is 6.02. The highest BCUT2D eigenvalue weighted by Gasteiger charge is 2.15. The molecule has 5 nitrogen and oxygen atoms in total. The topological polar surface area (TPSA) is 58.4 Å². The van der Waals surface area contributed by atoms with Gasteiger partial charge in [-0.2, -0.15) is 0 Å². The highest BCUT2D eigenvalue weighted by Crippen LogP contribution is 2.23. The number of halogens is 1. The smallest absolute Gasteiger partial charge is 0.291 e. The third kappa shape index (κ3) is 3.44. The summed E-state index contributed by atoms with van der Waals surface area (Å²) < 4.78 is 18.6. The van der Waals surface area contributed by atoms with Crippen molar-refractivity contribution in [3.8, 4) is 11.3 Å². The monoisotopic (exact) mass is 351 g/mol. The lowest BCUT2D eigenvalue weighted by Gasteiger charge is -2.16. The molecule has 0 spiro atoms. The molecule has 4 rings (SSSR count). The maximum atomic E-state index is 13.0. The summed E-state index contributed by atoms with van der Waals surface area (Å²) in [5.41, 5.74) is 1.32. The number of hydrogen-bond donors (Lipinski definition) is 1. The predicted molar refractivity (Wildman–Crippen MR) is 97.7 cm³/mol. The third-order valence-electron chi connectivity index (χ3n) is 4.39. The number of hydrogen-bond acceptors (Lipinski definition) is 4. The van der Waals surface area contributed by atoms with Gasteiger partial charge in [0.2, 0.25) is 0 Å². The number of nitrogens with zero attached hydrogens (tertiary/aromatic N) is 2. The van der Waals surface area contributed by atoms with Crippen LogP contribution in [0.1, 0.15) is 23.4 Å². The number of pyridine rings is 1. The first-order valence-corrected chi connectivity index (χ1v) is 8.57. The molecule has 0 aliphatic carbocycles. The molecule has 1 amide bonds. The molecule has 0 atom stereocenters. The summed E-state index contributed by atoms with van der Waals surface area (Å²) in [6.45, 7) is 2.05. The summed E-state index contributed by atoms with van der Waals surface area (Å²) >= 11 is 0. The highest BCUT2D eigenvalue weighted by atomic mass is 19.1. The van der Waals surface area contributed by atoms with Crippen molar-refractivity contribution in [3.63, 3.8) is 0 Å². The van der Waals surface area contributed by atoms with Crippen LogP contribution in [0.3, 0.4) is 0 Å². The molecule has 0 bridgehead atoms. The summed E-state index contributed by atoms with van der Waals surface area (Å²) in [4.78, 5) is 19.0. The third-order valence-corrected chi connectivity index (χ3v) is 4.39. The van der Waals surface area contributed by atoms with Gasteiger partial charge in [-0.3, -0.25) is 4.79 Å². The van der Waals surface area contributed by atoms with Crippen LogP contribution in [0.5, 0.6) is 0 Å². The lowest BCUT2D eigenvalue weighted by atomic mass is 10.2. The van der Waals surface area contributed by atoms with E-state index < -0.39 is 0 Å². The molecule has 3 heterocycles. The Hall–Kier alpha value is -3.15. The number of furan rings is 1. The SMILES string of the molecule is O=C(Nc1ccc(N2CCCC2)nc1)c1ccc(-c2ccc(F)cc2)o1. The first kappa shape index (κ1) is 16.3. The van der Waals surface area contributed by atoms with E-state index in [1.54, 1.807) is 30.5 Å². The van der Waals surface area contributed by atoms with Crippen LogP contribution in [0.25, 0.3) is 11.3 Å². The molecule has 132 valence electrons. The molecular weight excluding hydrogens is 333 g/mol. The minimum atomic E-state index is -0.353. The van der Waals surface area contributed by atoms with Crippen molar-refractivity contribution in [2.24, 2.45) is 0 Å². The fourth-order valence-electron chi connectivity index (χ4n) is 3.02. The average molecular weight is 351 g/mol. The van der Waals surface area contributed by atoms with E-state index in [4.69, 9.17) is 4.42 Å². The molecule has 0 radical (unpaired) electrons. The van der Waals surface area contributed by atoms with Crippen LogP contribution in [0, 0.1) is 5.82 Å².